The van der Waals surface area contributed by atoms with Gasteiger partial charge < -0.3 is 4.74 Å². The Kier molecular flexibility index (Phi) is 4.55. The number of methoxy groups -OCH3 is 1. The van der Waals surface area contributed by atoms with Crippen molar-refractivity contribution in [1.82, 2.24) is 0 Å². The Hall–Kier alpha value is -2.37. The molecule has 3 rings (SSSR count). The van der Waals surface area contributed by atoms with Crippen LogP contribution in [0, 0.1) is 0 Å². The van der Waals surface area contributed by atoms with Gasteiger partial charge in [0.05, 0.1) is 23.9 Å². The van der Waals surface area contributed by atoms with Crippen LogP contribution in [0.5, 0.6) is 0 Å². The van der Waals surface area contributed by atoms with Crippen LogP contribution in [0.2, 0.25) is 5.02 Å². The van der Waals surface area contributed by atoms with Crippen LogP contribution in [0.25, 0.3) is 6.08 Å². The minimum atomic E-state index is -0.534. The molecule has 0 bridgehead atoms. The third-order valence-corrected chi connectivity index (χ3v) is 4.74. The number of allylic oxidation sites excluding steroid dienone is 1. The quantitative estimate of drug-likeness (QED) is 0.607. The van der Waals surface area contributed by atoms with Crippen molar-refractivity contribution in [1.29, 1.82) is 0 Å². The molecular weight excluding hydrogens is 346 g/mol. The van der Waals surface area contributed by atoms with Crippen molar-refractivity contribution in [2.75, 3.05) is 12.0 Å². The summed E-state index contributed by atoms with van der Waals surface area (Å²) in [6.45, 7) is 1.72. The highest BCUT2D eigenvalue weighted by molar-refractivity contribution is 7.10. The second-order valence-electron chi connectivity index (χ2n) is 5.15. The molecule has 0 atom stereocenters. The number of hydrogen-bond acceptors (Lipinski definition) is 4. The molecule has 4 nitrogen and oxygen atoms in total. The first kappa shape index (κ1) is 16.5. The molecule has 2 heterocycles. The Morgan fingerprint density at radius 2 is 2.08 bits per heavy atom. The third kappa shape index (κ3) is 2.88. The molecule has 0 aliphatic carbocycles. The molecule has 0 saturated carbocycles. The molecule has 0 saturated heterocycles. The molecule has 1 aliphatic heterocycles. The number of carbonyl (C=O) groups is 2. The molecule has 1 aromatic carbocycles. The summed E-state index contributed by atoms with van der Waals surface area (Å²) in [6.07, 6.45) is 1.72. The van der Waals surface area contributed by atoms with E-state index >= 15 is 0 Å². The van der Waals surface area contributed by atoms with Crippen molar-refractivity contribution in [3.05, 3.63) is 68.5 Å². The Morgan fingerprint density at radius 3 is 2.71 bits per heavy atom. The van der Waals surface area contributed by atoms with Gasteiger partial charge in [0, 0.05) is 15.6 Å². The van der Waals surface area contributed by atoms with E-state index in [2.05, 4.69) is 0 Å². The average Bonchev–Trinajstić information content (AvgIpc) is 3.14. The maximum atomic E-state index is 13.0. The smallest absolute Gasteiger partial charge is 0.340 e. The Morgan fingerprint density at radius 1 is 1.29 bits per heavy atom. The largest absolute Gasteiger partial charge is 0.465 e. The van der Waals surface area contributed by atoms with E-state index in [4.69, 9.17) is 16.3 Å². The van der Waals surface area contributed by atoms with Gasteiger partial charge in [0.15, 0.2) is 0 Å². The van der Waals surface area contributed by atoms with E-state index in [1.165, 1.54) is 23.3 Å². The van der Waals surface area contributed by atoms with Gasteiger partial charge in [-0.1, -0.05) is 23.7 Å². The number of carbonyl (C=O) groups excluding carboxylic acids is 2. The zero-order valence-electron chi connectivity index (χ0n) is 13.1. The molecule has 1 amide bonds. The third-order valence-electron chi connectivity index (χ3n) is 3.69. The van der Waals surface area contributed by atoms with Gasteiger partial charge in [-0.05, 0) is 42.6 Å². The second-order valence-corrected chi connectivity index (χ2v) is 6.56. The van der Waals surface area contributed by atoms with Crippen LogP contribution < -0.4 is 4.90 Å². The molecule has 0 spiro atoms. The highest BCUT2D eigenvalue weighted by Crippen LogP contribution is 2.36. The highest BCUT2D eigenvalue weighted by atomic mass is 35.5. The topological polar surface area (TPSA) is 46.6 Å². The van der Waals surface area contributed by atoms with Gasteiger partial charge in [-0.3, -0.25) is 9.69 Å². The zero-order valence-corrected chi connectivity index (χ0v) is 14.6. The van der Waals surface area contributed by atoms with E-state index in [0.29, 0.717) is 22.0 Å². The fourth-order valence-corrected chi connectivity index (χ4v) is 3.46. The lowest BCUT2D eigenvalue weighted by molar-refractivity contribution is -0.136. The number of benzene rings is 1. The lowest BCUT2D eigenvalue weighted by Gasteiger charge is -2.18. The number of thiophene rings is 1. The fourth-order valence-electron chi connectivity index (χ4n) is 2.62. The molecular formula is C18H14ClNO3S. The number of halogens is 1. The normalized spacial score (nSPS) is 16.2. The summed E-state index contributed by atoms with van der Waals surface area (Å²) < 4.78 is 4.87. The van der Waals surface area contributed by atoms with Gasteiger partial charge in [-0.15, -0.1) is 11.3 Å². The molecule has 122 valence electrons. The minimum Gasteiger partial charge on any atom is -0.465 e. The van der Waals surface area contributed by atoms with Gasteiger partial charge in [0.2, 0.25) is 0 Å². The van der Waals surface area contributed by atoms with E-state index in [-0.39, 0.29) is 11.5 Å². The van der Waals surface area contributed by atoms with Crippen LogP contribution in [0.4, 0.5) is 5.69 Å². The summed E-state index contributed by atoms with van der Waals surface area (Å²) in [6, 6.07) is 10.7. The first-order valence-corrected chi connectivity index (χ1v) is 8.43. The summed E-state index contributed by atoms with van der Waals surface area (Å²) in [4.78, 5) is 27.6. The van der Waals surface area contributed by atoms with Crippen molar-refractivity contribution in [2.45, 2.75) is 6.92 Å². The Bertz CT molecular complexity index is 868. The molecule has 6 heteroatoms. The van der Waals surface area contributed by atoms with Crippen LogP contribution >= 0.6 is 22.9 Å². The number of rotatable bonds is 3. The van der Waals surface area contributed by atoms with E-state index in [1.54, 1.807) is 37.3 Å². The number of ether oxygens (including phenoxy) is 1. The van der Waals surface area contributed by atoms with Crippen LogP contribution in [0.15, 0.2) is 58.6 Å². The zero-order chi connectivity index (χ0) is 17.3. The molecule has 1 aliphatic rings. The summed E-state index contributed by atoms with van der Waals surface area (Å²) >= 11 is 7.53. The lowest BCUT2D eigenvalue weighted by Crippen LogP contribution is -2.24. The van der Waals surface area contributed by atoms with Crippen molar-refractivity contribution >= 4 is 46.6 Å². The molecule has 0 N–H and O–H groups in total. The summed E-state index contributed by atoms with van der Waals surface area (Å²) in [7, 11) is 1.30. The van der Waals surface area contributed by atoms with Gasteiger partial charge in [0.25, 0.3) is 5.91 Å². The average molecular weight is 360 g/mol. The second kappa shape index (κ2) is 6.63. The van der Waals surface area contributed by atoms with E-state index in [1.807, 2.05) is 17.5 Å². The summed E-state index contributed by atoms with van der Waals surface area (Å²) in [5.41, 5.74) is 1.73. The van der Waals surface area contributed by atoms with E-state index in [9.17, 15) is 9.59 Å². The van der Waals surface area contributed by atoms with Crippen LogP contribution in [-0.2, 0) is 14.3 Å². The number of nitrogens with zero attached hydrogens (tertiary/aromatic N) is 1. The first-order valence-electron chi connectivity index (χ1n) is 7.17. The fraction of sp³-hybridized carbons (Fsp3) is 0.111. The van der Waals surface area contributed by atoms with Crippen molar-refractivity contribution in [3.8, 4) is 0 Å². The van der Waals surface area contributed by atoms with Crippen molar-refractivity contribution < 1.29 is 14.3 Å². The van der Waals surface area contributed by atoms with Crippen LogP contribution in [0.3, 0.4) is 0 Å². The maximum Gasteiger partial charge on any atom is 0.340 e. The number of hydrogen-bond donors (Lipinski definition) is 0. The predicted molar refractivity (Wildman–Crippen MR) is 96.0 cm³/mol. The van der Waals surface area contributed by atoms with Gasteiger partial charge in [-0.25, -0.2) is 4.79 Å². The standard InChI is InChI=1S/C18H14ClNO3S/c1-11-16(18(22)23-2)15(10-14-7-4-8-24-14)17(21)20(11)13-6-3-5-12(19)9-13/h3-10H,1-2H3/b15-10-. The highest BCUT2D eigenvalue weighted by Gasteiger charge is 2.37. The van der Waals surface area contributed by atoms with Crippen molar-refractivity contribution in [3.63, 3.8) is 0 Å². The summed E-state index contributed by atoms with van der Waals surface area (Å²) in [5.74, 6) is -0.809. The summed E-state index contributed by atoms with van der Waals surface area (Å²) in [5, 5.41) is 2.43. The molecule has 0 fully saturated rings. The minimum absolute atomic E-state index is 0.274. The first-order chi connectivity index (χ1) is 11.5. The Labute approximate surface area is 148 Å². The lowest BCUT2D eigenvalue weighted by atomic mass is 10.1. The van der Waals surface area contributed by atoms with Crippen LogP contribution in [0.1, 0.15) is 11.8 Å². The SMILES string of the molecule is COC(=O)C1=C(C)N(c2cccc(Cl)c2)C(=O)/C1=C\c1cccs1. The Balaban J connectivity index is 2.15. The van der Waals surface area contributed by atoms with Gasteiger partial charge in [0.1, 0.15) is 0 Å². The predicted octanol–water partition coefficient (Wildman–Crippen LogP) is 4.28. The molecule has 0 radical (unpaired) electrons. The number of amides is 1. The van der Waals surface area contributed by atoms with Crippen molar-refractivity contribution in [2.24, 2.45) is 0 Å². The molecule has 2 aromatic rings. The number of anilines is 1. The van der Waals surface area contributed by atoms with E-state index in [0.717, 1.165) is 4.88 Å². The van der Waals surface area contributed by atoms with Crippen LogP contribution in [-0.4, -0.2) is 19.0 Å². The van der Waals surface area contributed by atoms with Gasteiger partial charge >= 0.3 is 5.97 Å². The number of esters is 1. The van der Waals surface area contributed by atoms with E-state index < -0.39 is 5.97 Å². The molecule has 24 heavy (non-hydrogen) atoms. The molecule has 1 aromatic heterocycles. The van der Waals surface area contributed by atoms with Gasteiger partial charge in [-0.2, -0.15) is 0 Å². The molecule has 0 unspecified atom stereocenters. The monoisotopic (exact) mass is 359 g/mol. The maximum absolute atomic E-state index is 13.0.